The van der Waals surface area contributed by atoms with Crippen molar-refractivity contribution >= 4 is 11.8 Å². The van der Waals surface area contributed by atoms with Crippen LogP contribution in [0.3, 0.4) is 0 Å². The maximum Gasteiger partial charge on any atom is 0.0261 e. The van der Waals surface area contributed by atoms with Gasteiger partial charge in [-0.2, -0.15) is 0 Å². The molecule has 0 unspecified atom stereocenters. The zero-order valence-electron chi connectivity index (χ0n) is 12.9. The summed E-state index contributed by atoms with van der Waals surface area (Å²) in [6.07, 6.45) is 1.16. The summed E-state index contributed by atoms with van der Waals surface area (Å²) in [6.45, 7) is 7.90. The van der Waals surface area contributed by atoms with Gasteiger partial charge in [-0.25, -0.2) is 0 Å². The molecule has 0 aliphatic carbocycles. The monoisotopic (exact) mass is 280 g/mol. The van der Waals surface area contributed by atoms with Gasteiger partial charge in [-0.1, -0.05) is 32.0 Å². The fourth-order valence-electron chi connectivity index (χ4n) is 2.11. The average molecular weight is 280 g/mol. The molecule has 1 N–H and O–H groups in total. The molecule has 108 valence electrons. The molecule has 19 heavy (non-hydrogen) atoms. The molecular weight excluding hydrogens is 252 g/mol. The van der Waals surface area contributed by atoms with E-state index in [9.17, 15) is 0 Å². The second kappa shape index (κ2) is 7.93. The molecule has 2 nitrogen and oxygen atoms in total. The molecule has 0 heterocycles. The van der Waals surface area contributed by atoms with E-state index in [0.717, 1.165) is 18.7 Å². The molecule has 0 amide bonds. The van der Waals surface area contributed by atoms with Gasteiger partial charge in [0, 0.05) is 22.2 Å². The number of nitrogens with zero attached hydrogens (tertiary/aromatic N) is 1. The van der Waals surface area contributed by atoms with E-state index in [4.69, 9.17) is 0 Å². The van der Waals surface area contributed by atoms with Crippen LogP contribution in [0, 0.1) is 0 Å². The van der Waals surface area contributed by atoms with Crippen LogP contribution in [0.2, 0.25) is 0 Å². The Labute approximate surface area is 123 Å². The lowest BCUT2D eigenvalue weighted by Gasteiger charge is -2.34. The van der Waals surface area contributed by atoms with E-state index in [2.05, 4.69) is 75.4 Å². The normalized spacial score (nSPS) is 14.9. The topological polar surface area (TPSA) is 15.3 Å². The van der Waals surface area contributed by atoms with Crippen LogP contribution in [-0.2, 0) is 0 Å². The first-order valence-electron chi connectivity index (χ1n) is 7.01. The quantitative estimate of drug-likeness (QED) is 0.734. The van der Waals surface area contributed by atoms with Gasteiger partial charge < -0.3 is 10.2 Å². The summed E-state index contributed by atoms with van der Waals surface area (Å²) in [7, 11) is 4.28. The van der Waals surface area contributed by atoms with Crippen LogP contribution in [-0.4, -0.2) is 42.9 Å². The van der Waals surface area contributed by atoms with Crippen molar-refractivity contribution in [1.82, 2.24) is 10.2 Å². The summed E-state index contributed by atoms with van der Waals surface area (Å²) in [5.74, 6) is 1.10. The number of hydrogen-bond acceptors (Lipinski definition) is 3. The lowest BCUT2D eigenvalue weighted by Crippen LogP contribution is -2.49. The maximum atomic E-state index is 3.73. The van der Waals surface area contributed by atoms with E-state index in [0.29, 0.717) is 6.04 Å². The summed E-state index contributed by atoms with van der Waals surface area (Å²) in [4.78, 5) is 3.61. The van der Waals surface area contributed by atoms with Crippen LogP contribution >= 0.6 is 11.8 Å². The molecule has 0 radical (unpaired) electrons. The van der Waals surface area contributed by atoms with E-state index < -0.39 is 0 Å². The smallest absolute Gasteiger partial charge is 0.0261 e. The molecule has 1 atom stereocenters. The van der Waals surface area contributed by atoms with E-state index in [1.54, 1.807) is 0 Å². The first kappa shape index (κ1) is 16.5. The standard InChI is InChI=1S/C16H28N2S/c1-14(2)17-16(3,11-12-18(4)5)13-19-15-9-7-6-8-10-15/h6-10,14,17H,11-13H2,1-5H3/t16-/m1/s1. The Morgan fingerprint density at radius 2 is 1.84 bits per heavy atom. The Kier molecular flexibility index (Phi) is 6.90. The highest BCUT2D eigenvalue weighted by molar-refractivity contribution is 7.99. The number of rotatable bonds is 8. The number of nitrogens with one attached hydrogen (secondary N) is 1. The Morgan fingerprint density at radius 1 is 1.21 bits per heavy atom. The molecule has 1 aromatic rings. The summed E-state index contributed by atoms with van der Waals surface area (Å²) in [5, 5.41) is 3.73. The Balaban J connectivity index is 2.57. The van der Waals surface area contributed by atoms with Crippen molar-refractivity contribution in [2.24, 2.45) is 0 Å². The minimum atomic E-state index is 0.180. The average Bonchev–Trinajstić information content (AvgIpc) is 2.35. The van der Waals surface area contributed by atoms with Crippen LogP contribution < -0.4 is 5.32 Å². The first-order chi connectivity index (χ1) is 8.91. The highest BCUT2D eigenvalue weighted by Gasteiger charge is 2.24. The van der Waals surface area contributed by atoms with Gasteiger partial charge in [0.25, 0.3) is 0 Å². The lowest BCUT2D eigenvalue weighted by molar-refractivity contribution is 0.287. The third-order valence-corrected chi connectivity index (χ3v) is 4.44. The van der Waals surface area contributed by atoms with Gasteiger partial charge in [-0.05, 0) is 46.1 Å². The molecule has 0 fully saturated rings. The lowest BCUT2D eigenvalue weighted by atomic mass is 9.99. The van der Waals surface area contributed by atoms with Crippen molar-refractivity contribution in [3.63, 3.8) is 0 Å². The minimum absolute atomic E-state index is 0.180. The predicted molar refractivity (Wildman–Crippen MR) is 87.0 cm³/mol. The molecule has 0 aromatic heterocycles. The molecule has 0 bridgehead atoms. The third kappa shape index (κ3) is 7.00. The van der Waals surface area contributed by atoms with Gasteiger partial charge >= 0.3 is 0 Å². The highest BCUT2D eigenvalue weighted by atomic mass is 32.2. The van der Waals surface area contributed by atoms with Gasteiger partial charge in [0.2, 0.25) is 0 Å². The number of thioether (sulfide) groups is 1. The summed E-state index contributed by atoms with van der Waals surface area (Å²) in [6, 6.07) is 11.2. The molecule has 1 rings (SSSR count). The van der Waals surface area contributed by atoms with Crippen molar-refractivity contribution in [1.29, 1.82) is 0 Å². The zero-order chi connectivity index (χ0) is 14.3. The Morgan fingerprint density at radius 3 is 2.37 bits per heavy atom. The third-order valence-electron chi connectivity index (χ3n) is 3.05. The predicted octanol–water partition coefficient (Wildman–Crippen LogP) is 3.49. The van der Waals surface area contributed by atoms with Crippen LogP contribution in [0.15, 0.2) is 35.2 Å². The van der Waals surface area contributed by atoms with Crippen LogP contribution in [0.4, 0.5) is 0 Å². The molecule has 0 aliphatic heterocycles. The van der Waals surface area contributed by atoms with Gasteiger partial charge in [0.1, 0.15) is 0 Å². The van der Waals surface area contributed by atoms with Gasteiger partial charge in [-0.3, -0.25) is 0 Å². The van der Waals surface area contributed by atoms with Gasteiger partial charge in [0.05, 0.1) is 0 Å². The Hall–Kier alpha value is -0.510. The summed E-state index contributed by atoms with van der Waals surface area (Å²) in [5.41, 5.74) is 0.180. The maximum absolute atomic E-state index is 3.73. The van der Waals surface area contributed by atoms with Crippen LogP contribution in [0.25, 0.3) is 0 Å². The van der Waals surface area contributed by atoms with Crippen LogP contribution in [0.1, 0.15) is 27.2 Å². The first-order valence-corrected chi connectivity index (χ1v) is 8.00. The van der Waals surface area contributed by atoms with Crippen molar-refractivity contribution < 1.29 is 0 Å². The molecule has 0 saturated heterocycles. The van der Waals surface area contributed by atoms with Crippen molar-refractivity contribution in [3.8, 4) is 0 Å². The van der Waals surface area contributed by atoms with E-state index in [1.165, 1.54) is 4.90 Å². The summed E-state index contributed by atoms with van der Waals surface area (Å²) < 4.78 is 0. The highest BCUT2D eigenvalue weighted by Crippen LogP contribution is 2.25. The van der Waals surface area contributed by atoms with Gasteiger partial charge in [0.15, 0.2) is 0 Å². The zero-order valence-corrected chi connectivity index (χ0v) is 13.8. The number of hydrogen-bond donors (Lipinski definition) is 1. The molecule has 1 aromatic carbocycles. The number of benzene rings is 1. The van der Waals surface area contributed by atoms with Crippen LogP contribution in [0.5, 0.6) is 0 Å². The van der Waals surface area contributed by atoms with Crippen molar-refractivity contribution in [3.05, 3.63) is 30.3 Å². The molecule has 0 saturated carbocycles. The fourth-order valence-corrected chi connectivity index (χ4v) is 3.18. The van der Waals surface area contributed by atoms with E-state index in [-0.39, 0.29) is 5.54 Å². The molecule has 0 spiro atoms. The second-order valence-corrected chi connectivity index (χ2v) is 7.06. The largest absolute Gasteiger partial charge is 0.309 e. The second-order valence-electron chi connectivity index (χ2n) is 6.01. The fraction of sp³-hybridized carbons (Fsp3) is 0.625. The van der Waals surface area contributed by atoms with Gasteiger partial charge in [-0.15, -0.1) is 11.8 Å². The SMILES string of the molecule is CC(C)N[C@](C)(CCN(C)C)CSc1ccccc1. The van der Waals surface area contributed by atoms with E-state index in [1.807, 2.05) is 11.8 Å². The van der Waals surface area contributed by atoms with Crippen molar-refractivity contribution in [2.75, 3.05) is 26.4 Å². The van der Waals surface area contributed by atoms with Crippen molar-refractivity contribution in [2.45, 2.75) is 43.7 Å². The minimum Gasteiger partial charge on any atom is -0.309 e. The Bertz CT molecular complexity index is 351. The molecule has 3 heteroatoms. The molecule has 0 aliphatic rings. The van der Waals surface area contributed by atoms with E-state index >= 15 is 0 Å². The summed E-state index contributed by atoms with van der Waals surface area (Å²) >= 11 is 1.94. The molecular formula is C16H28N2S.